The van der Waals surface area contributed by atoms with Crippen LogP contribution in [0, 0.1) is 52.3 Å². The fourth-order valence-electron chi connectivity index (χ4n) is 9.40. The fraction of sp³-hybridized carbons (Fsp3) is 1.00. The lowest BCUT2D eigenvalue weighted by Crippen LogP contribution is -2.52. The minimum atomic E-state index is 0.726. The quantitative estimate of drug-likeness (QED) is 0.467. The summed E-state index contributed by atoms with van der Waals surface area (Å²) in [5.74, 6) is 7.65. The highest BCUT2D eigenvalue weighted by Crippen LogP contribution is 2.68. The molecule has 23 heavy (non-hydrogen) atoms. The average molecular weight is 315 g/mol. The predicted octanol–water partition coefficient (Wildman–Crippen LogP) is 6.69. The maximum Gasteiger partial charge on any atom is -0.0264 e. The van der Waals surface area contributed by atoms with Crippen molar-refractivity contribution in [1.29, 1.82) is 0 Å². The highest BCUT2D eigenvalue weighted by atomic mass is 14.6. The van der Waals surface area contributed by atoms with Gasteiger partial charge in [-0.3, -0.25) is 0 Å². The van der Waals surface area contributed by atoms with Gasteiger partial charge in [0.2, 0.25) is 0 Å². The van der Waals surface area contributed by atoms with Gasteiger partial charge in [-0.05, 0) is 116 Å². The number of hydrogen-bond acceptors (Lipinski definition) is 0. The second kappa shape index (κ2) is 5.01. The van der Waals surface area contributed by atoms with Crippen LogP contribution in [0.25, 0.3) is 0 Å². The molecular formula is C23H38. The van der Waals surface area contributed by atoms with Crippen LogP contribution in [0.2, 0.25) is 0 Å². The van der Waals surface area contributed by atoms with Crippen molar-refractivity contribution in [2.45, 2.75) is 91.4 Å². The molecule has 9 atom stereocenters. The monoisotopic (exact) mass is 314 g/mol. The summed E-state index contributed by atoms with van der Waals surface area (Å²) in [6, 6.07) is 0. The smallest absolute Gasteiger partial charge is 0.0264 e. The molecule has 0 amide bonds. The molecular weight excluding hydrogens is 276 g/mol. The summed E-state index contributed by atoms with van der Waals surface area (Å²) in [7, 11) is 0. The zero-order chi connectivity index (χ0) is 15.8. The molecule has 0 nitrogen and oxygen atoms in total. The Hall–Kier alpha value is 0. The van der Waals surface area contributed by atoms with Gasteiger partial charge >= 0.3 is 0 Å². The summed E-state index contributed by atoms with van der Waals surface area (Å²) in [5.41, 5.74) is 1.47. The molecule has 0 spiro atoms. The van der Waals surface area contributed by atoms with Gasteiger partial charge in [-0.2, -0.15) is 0 Å². The third-order valence-corrected chi connectivity index (χ3v) is 10.5. The molecule has 0 N–H and O–H groups in total. The van der Waals surface area contributed by atoms with Crippen molar-refractivity contribution in [3.05, 3.63) is 0 Å². The third-order valence-electron chi connectivity index (χ3n) is 10.5. The molecule has 130 valence electrons. The summed E-state index contributed by atoms with van der Waals surface area (Å²) in [5, 5.41) is 0. The normalized spacial score (nSPS) is 61.4. The van der Waals surface area contributed by atoms with Crippen LogP contribution >= 0.6 is 0 Å². The zero-order valence-electron chi connectivity index (χ0n) is 15.8. The minimum Gasteiger partial charge on any atom is -0.0622 e. The Morgan fingerprint density at radius 1 is 0.609 bits per heavy atom. The highest BCUT2D eigenvalue weighted by molar-refractivity contribution is 5.08. The van der Waals surface area contributed by atoms with Gasteiger partial charge in [0.25, 0.3) is 0 Å². The first kappa shape index (κ1) is 15.3. The van der Waals surface area contributed by atoms with Crippen LogP contribution in [0.3, 0.4) is 0 Å². The summed E-state index contributed by atoms with van der Waals surface area (Å²) in [6.45, 7) is 7.94. The van der Waals surface area contributed by atoms with E-state index in [0.29, 0.717) is 0 Å². The lowest BCUT2D eigenvalue weighted by molar-refractivity contribution is -0.105. The van der Waals surface area contributed by atoms with E-state index in [1.807, 2.05) is 0 Å². The predicted molar refractivity (Wildman–Crippen MR) is 97.1 cm³/mol. The second-order valence-corrected chi connectivity index (χ2v) is 11.1. The van der Waals surface area contributed by atoms with Gasteiger partial charge in [0.05, 0.1) is 0 Å². The van der Waals surface area contributed by atoms with Crippen molar-refractivity contribution in [2.24, 2.45) is 52.3 Å². The van der Waals surface area contributed by atoms with Crippen molar-refractivity contribution >= 4 is 0 Å². The van der Waals surface area contributed by atoms with Crippen molar-refractivity contribution in [3.8, 4) is 0 Å². The molecule has 0 aliphatic heterocycles. The van der Waals surface area contributed by atoms with E-state index in [0.717, 1.165) is 52.3 Å². The fourth-order valence-corrected chi connectivity index (χ4v) is 9.40. The summed E-state index contributed by atoms with van der Waals surface area (Å²) >= 11 is 0. The molecule has 9 unspecified atom stereocenters. The van der Waals surface area contributed by atoms with Crippen LogP contribution in [0.5, 0.6) is 0 Å². The molecule has 0 heteroatoms. The molecule has 0 bridgehead atoms. The van der Waals surface area contributed by atoms with Crippen LogP contribution in [0.1, 0.15) is 91.4 Å². The largest absolute Gasteiger partial charge is 0.0622 e. The Morgan fingerprint density at radius 3 is 2.17 bits per heavy atom. The first-order valence-corrected chi connectivity index (χ1v) is 11.0. The number of fused-ring (bicyclic) bond motifs is 7. The molecule has 5 fully saturated rings. The summed E-state index contributed by atoms with van der Waals surface area (Å²) < 4.78 is 0. The molecule has 5 aliphatic rings. The SMILES string of the molecule is CC1CCC2(C)C1CCC1C3CCC4(C)CCCC4C3CCC12. The molecule has 5 saturated carbocycles. The summed E-state index contributed by atoms with van der Waals surface area (Å²) in [4.78, 5) is 0. The van der Waals surface area contributed by atoms with E-state index in [4.69, 9.17) is 0 Å². The standard InChI is InChI=1S/C23H38/c1-15-10-14-23(3)19(15)8-6-18-16-11-13-22(2)12-4-5-20(22)17(16)7-9-21(18)23/h15-21H,4-14H2,1-3H3. The lowest BCUT2D eigenvalue weighted by atomic mass is 9.45. The van der Waals surface area contributed by atoms with Gasteiger partial charge in [0, 0.05) is 0 Å². The Labute approximate surface area is 144 Å². The number of rotatable bonds is 0. The Bertz CT molecular complexity index is 480. The van der Waals surface area contributed by atoms with Crippen molar-refractivity contribution < 1.29 is 0 Å². The Kier molecular flexibility index (Phi) is 3.33. The van der Waals surface area contributed by atoms with Gasteiger partial charge in [-0.25, -0.2) is 0 Å². The van der Waals surface area contributed by atoms with Gasteiger partial charge in [0.15, 0.2) is 0 Å². The number of hydrogen-bond donors (Lipinski definition) is 0. The molecule has 0 heterocycles. The molecule has 5 rings (SSSR count). The van der Waals surface area contributed by atoms with E-state index in [-0.39, 0.29) is 0 Å². The maximum atomic E-state index is 2.72. The highest BCUT2D eigenvalue weighted by Gasteiger charge is 2.59. The molecule has 0 radical (unpaired) electrons. The topological polar surface area (TPSA) is 0 Å². The van der Waals surface area contributed by atoms with E-state index in [9.17, 15) is 0 Å². The third kappa shape index (κ3) is 1.96. The van der Waals surface area contributed by atoms with Crippen molar-refractivity contribution in [1.82, 2.24) is 0 Å². The average Bonchev–Trinajstić information content (AvgIpc) is 3.07. The molecule has 5 aliphatic carbocycles. The van der Waals surface area contributed by atoms with Crippen LogP contribution in [-0.4, -0.2) is 0 Å². The van der Waals surface area contributed by atoms with Crippen LogP contribution in [-0.2, 0) is 0 Å². The van der Waals surface area contributed by atoms with E-state index in [2.05, 4.69) is 20.8 Å². The minimum absolute atomic E-state index is 0.726. The van der Waals surface area contributed by atoms with Gasteiger partial charge in [0.1, 0.15) is 0 Å². The Morgan fingerprint density at radius 2 is 1.35 bits per heavy atom. The molecule has 0 saturated heterocycles. The van der Waals surface area contributed by atoms with Crippen LogP contribution in [0.4, 0.5) is 0 Å². The van der Waals surface area contributed by atoms with Gasteiger partial charge in [-0.15, -0.1) is 0 Å². The maximum absolute atomic E-state index is 2.72. The van der Waals surface area contributed by atoms with Crippen molar-refractivity contribution in [3.63, 3.8) is 0 Å². The van der Waals surface area contributed by atoms with Crippen LogP contribution < -0.4 is 0 Å². The molecule has 0 aromatic heterocycles. The van der Waals surface area contributed by atoms with E-state index in [1.165, 1.54) is 12.8 Å². The lowest BCUT2D eigenvalue weighted by Gasteiger charge is -2.60. The van der Waals surface area contributed by atoms with Crippen LogP contribution in [0.15, 0.2) is 0 Å². The van der Waals surface area contributed by atoms with Gasteiger partial charge < -0.3 is 0 Å². The van der Waals surface area contributed by atoms with E-state index >= 15 is 0 Å². The summed E-state index contributed by atoms with van der Waals surface area (Å²) in [6.07, 6.45) is 17.3. The zero-order valence-corrected chi connectivity index (χ0v) is 15.8. The van der Waals surface area contributed by atoms with Crippen molar-refractivity contribution in [2.75, 3.05) is 0 Å². The first-order valence-electron chi connectivity index (χ1n) is 11.0. The van der Waals surface area contributed by atoms with E-state index < -0.39 is 0 Å². The second-order valence-electron chi connectivity index (χ2n) is 11.1. The van der Waals surface area contributed by atoms with Gasteiger partial charge in [-0.1, -0.05) is 27.2 Å². The first-order chi connectivity index (χ1) is 11.0. The molecule has 0 aromatic carbocycles. The molecule has 0 aromatic rings. The van der Waals surface area contributed by atoms with E-state index in [1.54, 1.807) is 57.8 Å². The Balaban J connectivity index is 1.43.